The molecule has 0 saturated heterocycles. The molecule has 0 radical (unpaired) electrons. The monoisotopic (exact) mass is 351 g/mol. The highest BCUT2D eigenvalue weighted by molar-refractivity contribution is 5.95. The first-order chi connectivity index (χ1) is 11.1. The summed E-state index contributed by atoms with van der Waals surface area (Å²) in [6, 6.07) is 7.70. The Hall–Kier alpha value is -1.59. The van der Waals surface area contributed by atoms with Crippen molar-refractivity contribution < 1.29 is 9.59 Å². The predicted octanol–water partition coefficient (Wildman–Crippen LogP) is 2.10. The van der Waals surface area contributed by atoms with Crippen LogP contribution in [0.3, 0.4) is 0 Å². The van der Waals surface area contributed by atoms with E-state index in [1.54, 1.807) is 0 Å². The van der Waals surface area contributed by atoms with Gasteiger partial charge in [0.1, 0.15) is 0 Å². The van der Waals surface area contributed by atoms with Crippen molar-refractivity contribution in [2.45, 2.75) is 38.6 Å². The molecule has 132 valence electrons. The van der Waals surface area contributed by atoms with Crippen LogP contribution in [0, 0.1) is 17.8 Å². The van der Waals surface area contributed by atoms with Crippen LogP contribution in [0.15, 0.2) is 24.3 Å². The van der Waals surface area contributed by atoms with Crippen molar-refractivity contribution in [3.05, 3.63) is 29.8 Å². The molecule has 2 aliphatic carbocycles. The van der Waals surface area contributed by atoms with Gasteiger partial charge in [0.25, 0.3) is 0 Å². The third-order valence-corrected chi connectivity index (χ3v) is 5.33. The Morgan fingerprint density at radius 1 is 1.25 bits per heavy atom. The minimum absolute atomic E-state index is 0. The Balaban J connectivity index is 0.00000208. The molecule has 0 heterocycles. The zero-order valence-electron chi connectivity index (χ0n) is 14.0. The standard InChI is InChI=1S/C18H25N3O2.ClH/c1-2-11-4-3-5-14(8-11)21-15(22)10-20-18(23)16-12-6-7-13(9-12)17(16)19;/h3-5,8,12-13,16-17H,2,6-7,9-10,19H2,1H3,(H,20,23)(H,21,22);1H. The first kappa shape index (κ1) is 18.7. The molecular formula is C18H26ClN3O2. The van der Waals surface area contributed by atoms with E-state index < -0.39 is 0 Å². The van der Waals surface area contributed by atoms with Crippen molar-refractivity contribution in [2.24, 2.45) is 23.5 Å². The number of carbonyl (C=O) groups excluding carboxylic acids is 2. The Kier molecular flexibility index (Phi) is 6.24. The van der Waals surface area contributed by atoms with Crippen molar-refractivity contribution in [3.63, 3.8) is 0 Å². The van der Waals surface area contributed by atoms with Crippen molar-refractivity contribution in [1.82, 2.24) is 5.32 Å². The lowest BCUT2D eigenvalue weighted by atomic mass is 9.84. The van der Waals surface area contributed by atoms with Crippen LogP contribution < -0.4 is 16.4 Å². The summed E-state index contributed by atoms with van der Waals surface area (Å²) in [6.45, 7) is 2.06. The lowest BCUT2D eigenvalue weighted by Gasteiger charge is -2.26. The van der Waals surface area contributed by atoms with Gasteiger partial charge in [0.2, 0.25) is 11.8 Å². The second-order valence-electron chi connectivity index (χ2n) is 6.76. The highest BCUT2D eigenvalue weighted by Gasteiger charge is 2.48. The third-order valence-electron chi connectivity index (χ3n) is 5.33. The molecule has 1 aromatic carbocycles. The van der Waals surface area contributed by atoms with E-state index in [4.69, 9.17) is 5.73 Å². The molecule has 6 heteroatoms. The van der Waals surface area contributed by atoms with Gasteiger partial charge in [0, 0.05) is 11.7 Å². The molecule has 4 atom stereocenters. The number of benzene rings is 1. The SMILES string of the molecule is CCc1cccc(NC(=O)CNC(=O)C2C3CCC(C3)C2N)c1.Cl. The third kappa shape index (κ3) is 3.90. The van der Waals surface area contributed by atoms with Gasteiger partial charge in [-0.1, -0.05) is 19.1 Å². The second-order valence-corrected chi connectivity index (χ2v) is 6.76. The van der Waals surface area contributed by atoms with Crippen LogP contribution in [-0.2, 0) is 16.0 Å². The van der Waals surface area contributed by atoms with Crippen LogP contribution in [0.5, 0.6) is 0 Å². The number of hydrogen-bond acceptors (Lipinski definition) is 3. The van der Waals surface area contributed by atoms with Gasteiger partial charge in [-0.2, -0.15) is 0 Å². The number of aryl methyl sites for hydroxylation is 1. The van der Waals surface area contributed by atoms with Gasteiger partial charge >= 0.3 is 0 Å². The van der Waals surface area contributed by atoms with Crippen LogP contribution in [0.25, 0.3) is 0 Å². The average Bonchev–Trinajstić information content (AvgIpc) is 3.14. The summed E-state index contributed by atoms with van der Waals surface area (Å²) in [5.74, 6) is 0.496. The summed E-state index contributed by atoms with van der Waals surface area (Å²) in [4.78, 5) is 24.3. The summed E-state index contributed by atoms with van der Waals surface area (Å²) < 4.78 is 0. The van der Waals surface area contributed by atoms with E-state index in [-0.39, 0.29) is 42.7 Å². The predicted molar refractivity (Wildman–Crippen MR) is 97.0 cm³/mol. The van der Waals surface area contributed by atoms with Crippen molar-refractivity contribution in [3.8, 4) is 0 Å². The van der Waals surface area contributed by atoms with Crippen LogP contribution in [-0.4, -0.2) is 24.4 Å². The normalized spacial score (nSPS) is 27.4. The van der Waals surface area contributed by atoms with Gasteiger partial charge in [-0.25, -0.2) is 0 Å². The number of hydrogen-bond donors (Lipinski definition) is 3. The van der Waals surface area contributed by atoms with Gasteiger partial charge in [0.05, 0.1) is 12.5 Å². The number of fused-ring (bicyclic) bond motifs is 2. The van der Waals surface area contributed by atoms with Crippen LogP contribution in [0.2, 0.25) is 0 Å². The summed E-state index contributed by atoms with van der Waals surface area (Å²) in [7, 11) is 0. The molecule has 2 bridgehead atoms. The topological polar surface area (TPSA) is 84.2 Å². The summed E-state index contributed by atoms with van der Waals surface area (Å²) in [5, 5.41) is 5.58. The molecule has 3 rings (SSSR count). The van der Waals surface area contributed by atoms with Gasteiger partial charge in [-0.05, 0) is 55.2 Å². The minimum Gasteiger partial charge on any atom is -0.347 e. The van der Waals surface area contributed by atoms with Crippen molar-refractivity contribution >= 4 is 29.9 Å². The van der Waals surface area contributed by atoms with Crippen molar-refractivity contribution in [2.75, 3.05) is 11.9 Å². The van der Waals surface area contributed by atoms with Crippen LogP contribution in [0.4, 0.5) is 5.69 Å². The number of amides is 2. The fourth-order valence-corrected chi connectivity index (χ4v) is 4.08. The maximum absolute atomic E-state index is 12.3. The Bertz CT molecular complexity index is 606. The lowest BCUT2D eigenvalue weighted by Crippen LogP contribution is -2.46. The lowest BCUT2D eigenvalue weighted by molar-refractivity contribution is -0.129. The Labute approximate surface area is 149 Å². The molecule has 4 unspecified atom stereocenters. The number of halogens is 1. The molecule has 24 heavy (non-hydrogen) atoms. The number of nitrogens with two attached hydrogens (primary N) is 1. The number of nitrogens with one attached hydrogen (secondary N) is 2. The van der Waals surface area contributed by atoms with E-state index >= 15 is 0 Å². The first-order valence-electron chi connectivity index (χ1n) is 8.50. The number of carbonyl (C=O) groups is 2. The molecule has 4 N–H and O–H groups in total. The molecule has 0 aliphatic heterocycles. The molecule has 1 aromatic rings. The highest BCUT2D eigenvalue weighted by atomic mass is 35.5. The van der Waals surface area contributed by atoms with E-state index in [1.807, 2.05) is 24.3 Å². The molecule has 2 aliphatic rings. The smallest absolute Gasteiger partial charge is 0.243 e. The van der Waals surface area contributed by atoms with Crippen molar-refractivity contribution in [1.29, 1.82) is 0 Å². The van der Waals surface area contributed by atoms with Gasteiger partial charge in [0.15, 0.2) is 0 Å². The molecule has 2 saturated carbocycles. The molecule has 0 spiro atoms. The zero-order valence-corrected chi connectivity index (χ0v) is 14.8. The molecular weight excluding hydrogens is 326 g/mol. The van der Waals surface area contributed by atoms with Gasteiger partial charge in [-0.3, -0.25) is 9.59 Å². The van der Waals surface area contributed by atoms with E-state index in [0.29, 0.717) is 11.8 Å². The minimum atomic E-state index is -0.205. The summed E-state index contributed by atoms with van der Waals surface area (Å²) >= 11 is 0. The van der Waals surface area contributed by atoms with E-state index in [0.717, 1.165) is 31.4 Å². The summed E-state index contributed by atoms with van der Waals surface area (Å²) in [5.41, 5.74) is 8.10. The molecule has 2 amide bonds. The molecule has 5 nitrogen and oxygen atoms in total. The Morgan fingerprint density at radius 2 is 2.00 bits per heavy atom. The molecule has 0 aromatic heterocycles. The molecule has 2 fully saturated rings. The van der Waals surface area contributed by atoms with E-state index in [9.17, 15) is 9.59 Å². The maximum atomic E-state index is 12.3. The van der Waals surface area contributed by atoms with Crippen LogP contribution in [0.1, 0.15) is 31.7 Å². The Morgan fingerprint density at radius 3 is 2.67 bits per heavy atom. The quantitative estimate of drug-likeness (QED) is 0.759. The highest BCUT2D eigenvalue weighted by Crippen LogP contribution is 2.47. The fourth-order valence-electron chi connectivity index (χ4n) is 4.08. The number of rotatable bonds is 5. The largest absolute Gasteiger partial charge is 0.347 e. The fraction of sp³-hybridized carbons (Fsp3) is 0.556. The summed E-state index contributed by atoms with van der Waals surface area (Å²) in [6.07, 6.45) is 4.22. The maximum Gasteiger partial charge on any atom is 0.243 e. The second kappa shape index (κ2) is 7.99. The first-order valence-corrected chi connectivity index (χ1v) is 8.50. The number of anilines is 1. The van der Waals surface area contributed by atoms with Gasteiger partial charge < -0.3 is 16.4 Å². The van der Waals surface area contributed by atoms with Crippen LogP contribution >= 0.6 is 12.4 Å². The average molecular weight is 352 g/mol. The van der Waals surface area contributed by atoms with E-state index in [1.165, 1.54) is 5.56 Å². The van der Waals surface area contributed by atoms with E-state index in [2.05, 4.69) is 17.6 Å². The van der Waals surface area contributed by atoms with Gasteiger partial charge in [-0.15, -0.1) is 12.4 Å². The zero-order chi connectivity index (χ0) is 16.4.